The van der Waals surface area contributed by atoms with Gasteiger partial charge in [0.2, 0.25) is 5.88 Å². The van der Waals surface area contributed by atoms with Crippen molar-refractivity contribution in [1.82, 2.24) is 4.98 Å². The minimum absolute atomic E-state index is 0.525. The van der Waals surface area contributed by atoms with E-state index in [2.05, 4.69) is 20.9 Å². The number of rotatable bonds is 3. The number of aromatic nitrogens is 1. The summed E-state index contributed by atoms with van der Waals surface area (Å²) in [5.74, 6) is 1.67. The highest BCUT2D eigenvalue weighted by atomic mass is 79.9. The minimum atomic E-state index is 0.525. The molecule has 0 bridgehead atoms. The van der Waals surface area contributed by atoms with Crippen LogP contribution < -0.4 is 15.2 Å². The van der Waals surface area contributed by atoms with Crippen LogP contribution in [0.1, 0.15) is 0 Å². The van der Waals surface area contributed by atoms with E-state index in [-0.39, 0.29) is 0 Å². The molecular weight excluding hydrogens is 332 g/mol. The fourth-order valence-corrected chi connectivity index (χ4v) is 2.59. The zero-order chi connectivity index (χ0) is 14.8. The molecule has 0 fully saturated rings. The molecule has 3 rings (SSSR count). The summed E-state index contributed by atoms with van der Waals surface area (Å²) in [6.45, 7) is 0. The molecular formula is C16H13BrN2O2. The molecule has 0 spiro atoms. The minimum Gasteiger partial charge on any atom is -0.493 e. The lowest BCUT2D eigenvalue weighted by Gasteiger charge is -2.12. The van der Waals surface area contributed by atoms with Gasteiger partial charge in [-0.05, 0) is 30.3 Å². The third kappa shape index (κ3) is 2.64. The summed E-state index contributed by atoms with van der Waals surface area (Å²) in [6.07, 6.45) is 1.71. The van der Waals surface area contributed by atoms with E-state index in [1.54, 1.807) is 31.5 Å². The maximum absolute atomic E-state index is 5.91. The summed E-state index contributed by atoms with van der Waals surface area (Å²) in [5, 5.41) is 1.96. The molecule has 3 aromatic rings. The van der Waals surface area contributed by atoms with Gasteiger partial charge in [0.05, 0.1) is 7.11 Å². The zero-order valence-corrected chi connectivity index (χ0v) is 12.9. The van der Waals surface area contributed by atoms with Crippen molar-refractivity contribution in [3.05, 3.63) is 53.1 Å². The van der Waals surface area contributed by atoms with Crippen LogP contribution in [0.25, 0.3) is 10.8 Å². The summed E-state index contributed by atoms with van der Waals surface area (Å²) in [6, 6.07) is 13.1. The maximum atomic E-state index is 5.91. The van der Waals surface area contributed by atoms with Gasteiger partial charge < -0.3 is 15.2 Å². The molecule has 0 aliphatic heterocycles. The fourth-order valence-electron chi connectivity index (χ4n) is 2.10. The van der Waals surface area contributed by atoms with Crippen LogP contribution in [0.2, 0.25) is 0 Å². The first kappa shape index (κ1) is 13.7. The van der Waals surface area contributed by atoms with Gasteiger partial charge in [-0.1, -0.05) is 22.0 Å². The molecule has 0 aliphatic carbocycles. The SMILES string of the molecule is COc1cc(N)ccc1Oc1nccc2c(Br)cccc12. The lowest BCUT2D eigenvalue weighted by Crippen LogP contribution is -1.94. The second kappa shape index (κ2) is 5.61. The van der Waals surface area contributed by atoms with Crippen LogP contribution >= 0.6 is 15.9 Å². The van der Waals surface area contributed by atoms with E-state index in [1.807, 2.05) is 24.3 Å². The first-order chi connectivity index (χ1) is 10.2. The second-order valence-corrected chi connectivity index (χ2v) is 5.32. The molecule has 2 aromatic carbocycles. The normalized spacial score (nSPS) is 10.6. The Balaban J connectivity index is 2.09. The first-order valence-electron chi connectivity index (χ1n) is 6.33. The van der Waals surface area contributed by atoms with Crippen molar-refractivity contribution >= 4 is 32.4 Å². The molecule has 1 heterocycles. The molecule has 0 aliphatic rings. The highest BCUT2D eigenvalue weighted by Crippen LogP contribution is 2.36. The number of nitrogen functional groups attached to an aromatic ring is 1. The number of fused-ring (bicyclic) bond motifs is 1. The molecule has 0 amide bonds. The Bertz CT molecular complexity index is 805. The Kier molecular flexibility index (Phi) is 3.66. The van der Waals surface area contributed by atoms with Crippen LogP contribution in [0, 0.1) is 0 Å². The number of ether oxygens (including phenoxy) is 2. The van der Waals surface area contributed by atoms with Gasteiger partial charge in [0.25, 0.3) is 0 Å². The number of nitrogens with zero attached hydrogens (tertiary/aromatic N) is 1. The Hall–Kier alpha value is -2.27. The number of hydrogen-bond donors (Lipinski definition) is 1. The molecule has 1 aromatic heterocycles. The van der Waals surface area contributed by atoms with E-state index in [9.17, 15) is 0 Å². The lowest BCUT2D eigenvalue weighted by molar-refractivity contribution is 0.376. The zero-order valence-electron chi connectivity index (χ0n) is 11.3. The van der Waals surface area contributed by atoms with Gasteiger partial charge in [-0.2, -0.15) is 0 Å². The van der Waals surface area contributed by atoms with Crippen molar-refractivity contribution in [3.8, 4) is 17.4 Å². The maximum Gasteiger partial charge on any atom is 0.227 e. The fraction of sp³-hybridized carbons (Fsp3) is 0.0625. The third-order valence-corrected chi connectivity index (χ3v) is 3.80. The van der Waals surface area contributed by atoms with E-state index in [0.29, 0.717) is 23.1 Å². The Morgan fingerprint density at radius 2 is 1.90 bits per heavy atom. The van der Waals surface area contributed by atoms with Gasteiger partial charge in [0.15, 0.2) is 11.5 Å². The smallest absolute Gasteiger partial charge is 0.227 e. The largest absolute Gasteiger partial charge is 0.493 e. The van der Waals surface area contributed by atoms with Crippen molar-refractivity contribution in [2.24, 2.45) is 0 Å². The number of anilines is 1. The van der Waals surface area contributed by atoms with Crippen LogP contribution in [0.4, 0.5) is 5.69 Å². The summed E-state index contributed by atoms with van der Waals surface area (Å²) >= 11 is 3.53. The van der Waals surface area contributed by atoms with E-state index in [0.717, 1.165) is 15.2 Å². The number of hydrogen-bond acceptors (Lipinski definition) is 4. The Morgan fingerprint density at radius 3 is 2.71 bits per heavy atom. The summed E-state index contributed by atoms with van der Waals surface area (Å²) < 4.78 is 12.2. The number of pyridine rings is 1. The van der Waals surface area contributed by atoms with Crippen molar-refractivity contribution < 1.29 is 9.47 Å². The van der Waals surface area contributed by atoms with Gasteiger partial charge >= 0.3 is 0 Å². The highest BCUT2D eigenvalue weighted by molar-refractivity contribution is 9.10. The molecule has 0 atom stereocenters. The topological polar surface area (TPSA) is 57.4 Å². The van der Waals surface area contributed by atoms with E-state index < -0.39 is 0 Å². The number of halogens is 1. The van der Waals surface area contributed by atoms with Crippen molar-refractivity contribution in [2.45, 2.75) is 0 Å². The lowest BCUT2D eigenvalue weighted by atomic mass is 10.2. The predicted molar refractivity (Wildman–Crippen MR) is 86.9 cm³/mol. The van der Waals surface area contributed by atoms with Crippen molar-refractivity contribution in [1.29, 1.82) is 0 Å². The average molecular weight is 345 g/mol. The van der Waals surface area contributed by atoms with Crippen LogP contribution in [0.5, 0.6) is 17.4 Å². The number of nitrogens with two attached hydrogens (primary N) is 1. The van der Waals surface area contributed by atoms with Gasteiger partial charge in [0.1, 0.15) is 0 Å². The molecule has 2 N–H and O–H groups in total. The summed E-state index contributed by atoms with van der Waals surface area (Å²) in [4.78, 5) is 4.31. The Morgan fingerprint density at radius 1 is 1.05 bits per heavy atom. The van der Waals surface area contributed by atoms with Crippen molar-refractivity contribution in [3.63, 3.8) is 0 Å². The summed E-state index contributed by atoms with van der Waals surface area (Å²) in [7, 11) is 1.58. The number of methoxy groups -OCH3 is 1. The van der Waals surface area contributed by atoms with Gasteiger partial charge in [-0.15, -0.1) is 0 Å². The van der Waals surface area contributed by atoms with Crippen LogP contribution in [-0.4, -0.2) is 12.1 Å². The van der Waals surface area contributed by atoms with Crippen molar-refractivity contribution in [2.75, 3.05) is 12.8 Å². The summed E-state index contributed by atoms with van der Waals surface area (Å²) in [5.41, 5.74) is 6.37. The molecule has 0 saturated carbocycles. The number of benzene rings is 2. The van der Waals surface area contributed by atoms with Gasteiger partial charge in [0, 0.05) is 33.2 Å². The van der Waals surface area contributed by atoms with Gasteiger partial charge in [-0.3, -0.25) is 0 Å². The molecule has 5 heteroatoms. The first-order valence-corrected chi connectivity index (χ1v) is 7.13. The molecule has 0 radical (unpaired) electrons. The third-order valence-electron chi connectivity index (χ3n) is 3.11. The van der Waals surface area contributed by atoms with E-state index >= 15 is 0 Å². The average Bonchev–Trinajstić information content (AvgIpc) is 2.50. The second-order valence-electron chi connectivity index (χ2n) is 4.46. The monoisotopic (exact) mass is 344 g/mol. The highest BCUT2D eigenvalue weighted by Gasteiger charge is 2.10. The van der Waals surface area contributed by atoms with E-state index in [1.165, 1.54) is 0 Å². The molecule has 4 nitrogen and oxygen atoms in total. The van der Waals surface area contributed by atoms with Crippen LogP contribution in [0.3, 0.4) is 0 Å². The van der Waals surface area contributed by atoms with Gasteiger partial charge in [-0.25, -0.2) is 4.98 Å². The Labute approximate surface area is 130 Å². The molecule has 0 unspecified atom stereocenters. The molecule has 21 heavy (non-hydrogen) atoms. The standard InChI is InChI=1S/C16H13BrN2O2/c1-20-15-9-10(18)5-6-14(15)21-16-12-3-2-4-13(17)11(12)7-8-19-16/h2-9H,18H2,1H3. The quantitative estimate of drug-likeness (QED) is 0.716. The van der Waals surface area contributed by atoms with Crippen LogP contribution in [0.15, 0.2) is 53.1 Å². The van der Waals surface area contributed by atoms with Crippen LogP contribution in [-0.2, 0) is 0 Å². The molecule has 106 valence electrons. The predicted octanol–water partition coefficient (Wildman–Crippen LogP) is 4.38. The van der Waals surface area contributed by atoms with E-state index in [4.69, 9.17) is 15.2 Å². The molecule has 0 saturated heterocycles.